The van der Waals surface area contributed by atoms with Crippen LogP contribution in [0.5, 0.6) is 5.75 Å². The molecule has 0 aliphatic carbocycles. The van der Waals surface area contributed by atoms with Crippen LogP contribution in [0.15, 0.2) is 116 Å². The molecule has 0 aliphatic heterocycles. The number of fused-ring (bicyclic) bond motifs is 1. The number of aromatic nitrogens is 4. The van der Waals surface area contributed by atoms with Crippen LogP contribution in [0, 0.1) is 0 Å². The van der Waals surface area contributed by atoms with Gasteiger partial charge in [0.25, 0.3) is 0 Å². The second-order valence-electron chi connectivity index (χ2n) is 11.2. The Morgan fingerprint density at radius 3 is 2.23 bits per heavy atom. The summed E-state index contributed by atoms with van der Waals surface area (Å²) in [5.41, 5.74) is 5.26. The Hall–Kier alpha value is -4.81. The molecule has 0 bridgehead atoms. The van der Waals surface area contributed by atoms with Crippen molar-refractivity contribution in [1.29, 1.82) is 0 Å². The molecule has 1 unspecified atom stereocenters. The van der Waals surface area contributed by atoms with Crippen LogP contribution in [0.4, 0.5) is 0 Å². The first-order chi connectivity index (χ1) is 23.4. The van der Waals surface area contributed by atoms with E-state index in [2.05, 4.69) is 39.1 Å². The van der Waals surface area contributed by atoms with Crippen molar-refractivity contribution in [2.45, 2.75) is 25.4 Å². The number of ether oxygens (including phenoxy) is 1. The van der Waals surface area contributed by atoms with Crippen molar-refractivity contribution in [3.8, 4) is 5.75 Å². The van der Waals surface area contributed by atoms with Gasteiger partial charge in [-0.1, -0.05) is 77.5 Å². The molecule has 2 heterocycles. The highest BCUT2D eigenvalue weighted by atomic mass is 35.5. The molecule has 0 fully saturated rings. The van der Waals surface area contributed by atoms with Gasteiger partial charge in [-0.05, 0) is 59.2 Å². The van der Waals surface area contributed by atoms with E-state index >= 15 is 0 Å². The summed E-state index contributed by atoms with van der Waals surface area (Å²) in [5, 5.41) is 18.6. The normalized spacial score (nSPS) is 12.2. The maximum Gasteiger partial charge on any atom is 0.335 e. The third-order valence-electron chi connectivity index (χ3n) is 8.25. The standard InChI is InChI=1S/C36H34ClN5O5S/c37-29-13-16-33-32(25-29)31(18-24-47-30-14-11-28(12-15-30)36(43)44)34(17-20-41(48(45)46)23-22-40-21-19-38-39-40)42(33)35(26-7-3-1-4-8-26)27-9-5-2-6-10-27/h1-16,19,21,25,35H,17-18,20,22-24H2,(H,43,44)(H,45,46)/p-1. The zero-order valence-electron chi connectivity index (χ0n) is 25.9. The summed E-state index contributed by atoms with van der Waals surface area (Å²) in [4.78, 5) is 11.3. The average Bonchev–Trinajstić information content (AvgIpc) is 3.72. The van der Waals surface area contributed by atoms with Crippen molar-refractivity contribution in [2.24, 2.45) is 0 Å². The van der Waals surface area contributed by atoms with E-state index in [1.165, 1.54) is 16.4 Å². The maximum atomic E-state index is 12.4. The lowest BCUT2D eigenvalue weighted by Gasteiger charge is -2.27. The van der Waals surface area contributed by atoms with E-state index < -0.39 is 17.2 Å². The molecule has 0 saturated carbocycles. The van der Waals surface area contributed by atoms with Crippen molar-refractivity contribution in [3.63, 3.8) is 0 Å². The van der Waals surface area contributed by atoms with Crippen LogP contribution in [0.2, 0.25) is 5.02 Å². The molecular formula is C36H33ClN5O5S-. The van der Waals surface area contributed by atoms with Crippen molar-refractivity contribution in [2.75, 3.05) is 19.7 Å². The van der Waals surface area contributed by atoms with Crippen molar-refractivity contribution < 1.29 is 23.4 Å². The second kappa shape index (κ2) is 15.4. The number of carboxylic acids is 1. The van der Waals surface area contributed by atoms with Gasteiger partial charge in [0, 0.05) is 65.0 Å². The molecule has 0 spiro atoms. The largest absolute Gasteiger partial charge is 0.760 e. The summed E-state index contributed by atoms with van der Waals surface area (Å²) in [6.45, 7) is 1.13. The Bertz CT molecular complexity index is 1950. The van der Waals surface area contributed by atoms with Gasteiger partial charge in [-0.2, -0.15) is 0 Å². The molecule has 12 heteroatoms. The molecule has 2 aromatic heterocycles. The van der Waals surface area contributed by atoms with Gasteiger partial charge in [0.2, 0.25) is 0 Å². The van der Waals surface area contributed by atoms with E-state index in [4.69, 9.17) is 16.3 Å². The van der Waals surface area contributed by atoms with E-state index in [1.807, 2.05) is 54.6 Å². The first-order valence-corrected chi connectivity index (χ1v) is 16.9. The quantitative estimate of drug-likeness (QED) is 0.128. The molecule has 6 rings (SSSR count). The molecule has 0 aliphatic rings. The van der Waals surface area contributed by atoms with Crippen LogP contribution in [0.25, 0.3) is 10.9 Å². The van der Waals surface area contributed by atoms with E-state index in [1.54, 1.807) is 29.2 Å². The molecule has 1 atom stereocenters. The molecule has 10 nitrogen and oxygen atoms in total. The minimum absolute atomic E-state index is 0.180. The van der Waals surface area contributed by atoms with Gasteiger partial charge in [0.1, 0.15) is 5.75 Å². The predicted molar refractivity (Wildman–Crippen MR) is 184 cm³/mol. The molecule has 0 saturated heterocycles. The van der Waals surface area contributed by atoms with Crippen molar-refractivity contribution in [1.82, 2.24) is 23.9 Å². The second-order valence-corrected chi connectivity index (χ2v) is 12.6. The van der Waals surface area contributed by atoms with E-state index in [0.717, 1.165) is 33.3 Å². The number of nitrogens with zero attached hydrogens (tertiary/aromatic N) is 5. The Morgan fingerprint density at radius 2 is 1.62 bits per heavy atom. The topological polar surface area (TPSA) is 126 Å². The zero-order chi connectivity index (χ0) is 33.5. The highest BCUT2D eigenvalue weighted by molar-refractivity contribution is 7.76. The molecule has 6 aromatic rings. The molecular weight excluding hydrogens is 650 g/mol. The van der Waals surface area contributed by atoms with Crippen molar-refractivity contribution >= 4 is 39.7 Å². The van der Waals surface area contributed by atoms with Gasteiger partial charge in [0.05, 0.1) is 31.0 Å². The number of hydrogen-bond acceptors (Lipinski definition) is 6. The van der Waals surface area contributed by atoms with Crippen molar-refractivity contribution in [3.05, 3.63) is 148 Å². The van der Waals surface area contributed by atoms with Crippen LogP contribution in [-0.4, -0.2) is 63.4 Å². The number of carboxylic acid groups (broad SMARTS) is 1. The third-order valence-corrected chi connectivity index (χ3v) is 9.27. The monoisotopic (exact) mass is 682 g/mol. The number of aromatic carboxylic acids is 1. The molecule has 1 N–H and O–H groups in total. The Morgan fingerprint density at radius 1 is 0.938 bits per heavy atom. The Labute approximate surface area is 285 Å². The van der Waals surface area contributed by atoms with E-state index in [0.29, 0.717) is 36.8 Å². The van der Waals surface area contributed by atoms with Crippen LogP contribution in [-0.2, 0) is 30.7 Å². The maximum absolute atomic E-state index is 12.4. The lowest BCUT2D eigenvalue weighted by atomic mass is 9.97. The number of carbonyl (C=O) groups is 1. The van der Waals surface area contributed by atoms with E-state index in [9.17, 15) is 18.7 Å². The van der Waals surface area contributed by atoms with Crippen LogP contribution in [0.1, 0.15) is 38.8 Å². The minimum Gasteiger partial charge on any atom is -0.760 e. The summed E-state index contributed by atoms with van der Waals surface area (Å²) < 4.78 is 36.3. The first-order valence-electron chi connectivity index (χ1n) is 15.4. The van der Waals surface area contributed by atoms with Gasteiger partial charge in [-0.3, -0.25) is 8.89 Å². The SMILES string of the molecule is O=C(O)c1ccc(OCCc2c(CCN(CCn3ccnn3)S(=O)[O-])n(C(c3ccccc3)c3ccccc3)c3ccc(Cl)cc23)cc1. The number of hydrogen-bond donors (Lipinski definition) is 1. The van der Waals surface area contributed by atoms with Gasteiger partial charge in [0.15, 0.2) is 0 Å². The highest BCUT2D eigenvalue weighted by Gasteiger charge is 2.26. The predicted octanol–water partition coefficient (Wildman–Crippen LogP) is 6.18. The third kappa shape index (κ3) is 7.66. The Kier molecular flexibility index (Phi) is 10.6. The summed E-state index contributed by atoms with van der Waals surface area (Å²) in [7, 11) is 0. The molecule has 0 radical (unpaired) electrons. The van der Waals surface area contributed by atoms with Gasteiger partial charge < -0.3 is 19.0 Å². The fraction of sp³-hybridized carbons (Fsp3) is 0.194. The van der Waals surface area contributed by atoms with Crippen LogP contribution >= 0.6 is 11.6 Å². The average molecular weight is 683 g/mol. The lowest BCUT2D eigenvalue weighted by Crippen LogP contribution is -2.32. The van der Waals surface area contributed by atoms with Crippen LogP contribution in [0.3, 0.4) is 0 Å². The Balaban J connectivity index is 1.43. The van der Waals surface area contributed by atoms with Gasteiger partial charge in [-0.15, -0.1) is 5.10 Å². The summed E-state index contributed by atoms with van der Waals surface area (Å²) >= 11 is 4.14. The number of halogens is 1. The fourth-order valence-corrected chi connectivity index (χ4v) is 6.68. The lowest BCUT2D eigenvalue weighted by molar-refractivity contribution is 0.0697. The number of rotatable bonds is 15. The molecule has 0 amide bonds. The van der Waals surface area contributed by atoms with Gasteiger partial charge in [-0.25, -0.2) is 9.10 Å². The summed E-state index contributed by atoms with van der Waals surface area (Å²) in [6.07, 6.45) is 4.17. The summed E-state index contributed by atoms with van der Waals surface area (Å²) in [6, 6.07) is 32.4. The molecule has 48 heavy (non-hydrogen) atoms. The van der Waals surface area contributed by atoms with E-state index in [-0.39, 0.29) is 24.7 Å². The minimum atomic E-state index is -2.47. The van der Waals surface area contributed by atoms with Crippen LogP contribution < -0.4 is 4.74 Å². The molecule has 4 aromatic carbocycles. The zero-order valence-corrected chi connectivity index (χ0v) is 27.5. The highest BCUT2D eigenvalue weighted by Crippen LogP contribution is 2.38. The fourth-order valence-electron chi connectivity index (χ4n) is 6.03. The number of benzene rings is 4. The smallest absolute Gasteiger partial charge is 0.335 e. The molecule has 246 valence electrons. The van der Waals surface area contributed by atoms with Gasteiger partial charge >= 0.3 is 5.97 Å². The summed E-state index contributed by atoms with van der Waals surface area (Å²) in [5.74, 6) is -0.451. The first kappa shape index (κ1) is 33.1.